The van der Waals surface area contributed by atoms with E-state index < -0.39 is 42.1 Å². The molecule has 0 spiro atoms. The molecule has 4 aromatic carbocycles. The van der Waals surface area contributed by atoms with E-state index in [0.717, 1.165) is 12.1 Å². The van der Waals surface area contributed by atoms with Crippen LogP contribution in [-0.2, 0) is 20.2 Å². The first-order valence-corrected chi connectivity index (χ1v) is 14.9. The van der Waals surface area contributed by atoms with Crippen LogP contribution in [0.1, 0.15) is 11.1 Å². The summed E-state index contributed by atoms with van der Waals surface area (Å²) >= 11 is 0. The van der Waals surface area contributed by atoms with Crippen molar-refractivity contribution in [3.8, 4) is 0 Å². The molecular weight excluding hydrogens is 630 g/mol. The Morgan fingerprint density at radius 2 is 0.818 bits per heavy atom. The van der Waals surface area contributed by atoms with Gasteiger partial charge in [0.15, 0.2) is 0 Å². The molecule has 4 amide bonds. The number of nitrogens with one attached hydrogen (secondary N) is 4. The maximum atomic E-state index is 12.3. The Balaban J connectivity index is 0.00000337. The van der Waals surface area contributed by atoms with Gasteiger partial charge in [-0.15, -0.1) is 0 Å². The number of hydrogen-bond donors (Lipinski definition) is 6. The first kappa shape index (κ1) is 37.2. The van der Waals surface area contributed by atoms with Crippen molar-refractivity contribution in [2.75, 3.05) is 21.3 Å². The van der Waals surface area contributed by atoms with Crippen molar-refractivity contribution < 1.29 is 35.5 Å². The molecule has 6 N–H and O–H groups in total. The first-order valence-electron chi connectivity index (χ1n) is 12.1. The Hall–Kier alpha value is -3.02. The fraction of sp³-hybridized carbons (Fsp3) is 0. The molecule has 4 aromatic rings. The van der Waals surface area contributed by atoms with Crippen LogP contribution in [-0.4, -0.2) is 97.1 Å². The monoisotopic (exact) mass is 654 g/mol. The van der Waals surface area contributed by atoms with Crippen LogP contribution < -0.4 is 21.3 Å². The van der Waals surface area contributed by atoms with E-state index in [2.05, 4.69) is 21.3 Å². The van der Waals surface area contributed by atoms with Gasteiger partial charge in [-0.1, -0.05) is 60.7 Å². The van der Waals surface area contributed by atoms with Crippen molar-refractivity contribution in [1.29, 1.82) is 0 Å². The molecule has 0 aliphatic heterocycles. The zero-order chi connectivity index (χ0) is 30.3. The van der Waals surface area contributed by atoms with E-state index in [-0.39, 0.29) is 81.6 Å². The van der Waals surface area contributed by atoms with E-state index in [1.54, 1.807) is 60.7 Å². The van der Waals surface area contributed by atoms with Gasteiger partial charge >= 0.3 is 12.1 Å². The molecule has 44 heavy (non-hydrogen) atoms. The maximum absolute atomic E-state index is 12.3. The molecule has 0 atom stereocenters. The molecule has 2 radical (unpaired) electrons. The quantitative estimate of drug-likeness (QED) is 0.0880. The Morgan fingerprint density at radius 3 is 1.14 bits per heavy atom. The number of hydrogen-bond acceptors (Lipinski definition) is 6. The van der Waals surface area contributed by atoms with E-state index >= 15 is 0 Å². The zero-order valence-corrected chi connectivity index (χ0v) is 29.2. The van der Waals surface area contributed by atoms with E-state index in [4.69, 9.17) is 0 Å². The van der Waals surface area contributed by atoms with E-state index in [0.29, 0.717) is 11.4 Å². The molecule has 0 aliphatic rings. The molecule has 0 heterocycles. The third-order valence-electron chi connectivity index (χ3n) is 5.60. The average molecular weight is 655 g/mol. The number of amides is 4. The van der Waals surface area contributed by atoms with Gasteiger partial charge in [-0.25, -0.2) is 9.59 Å². The van der Waals surface area contributed by atoms with Gasteiger partial charge in [-0.3, -0.25) is 9.11 Å². The van der Waals surface area contributed by atoms with Crippen LogP contribution in [0.3, 0.4) is 0 Å². The molecule has 0 unspecified atom stereocenters. The van der Waals surface area contributed by atoms with Crippen LogP contribution >= 0.6 is 0 Å². The van der Waals surface area contributed by atoms with Crippen LogP contribution in [0.2, 0.25) is 0 Å². The summed E-state index contributed by atoms with van der Waals surface area (Å²) in [6.07, 6.45) is 2.41. The van der Waals surface area contributed by atoms with E-state index in [9.17, 15) is 35.5 Å². The van der Waals surface area contributed by atoms with Crippen molar-refractivity contribution >= 4 is 126 Å². The van der Waals surface area contributed by atoms with Crippen LogP contribution in [0.25, 0.3) is 12.2 Å². The SMILES string of the molecule is O=C(Nc1ccccc1)Nc1ccc(C=Cc2ccc(NC(=O)Nc3ccccc3)cc2S(=O)(=O)O)c(S(=O)(=O)O)c1.[Na].[Na]. The fourth-order valence-electron chi connectivity index (χ4n) is 3.76. The smallest absolute Gasteiger partial charge is 0.308 e. The summed E-state index contributed by atoms with van der Waals surface area (Å²) in [4.78, 5) is 23.5. The summed E-state index contributed by atoms with van der Waals surface area (Å²) in [6.45, 7) is 0. The molecular formula is C28H24N4Na2O8S2. The number of benzene rings is 4. The Bertz CT molecular complexity index is 1740. The van der Waals surface area contributed by atoms with Gasteiger partial charge in [0, 0.05) is 81.9 Å². The molecule has 0 saturated carbocycles. The third-order valence-corrected chi connectivity index (χ3v) is 7.42. The minimum absolute atomic E-state index is 0. The van der Waals surface area contributed by atoms with Gasteiger partial charge < -0.3 is 21.3 Å². The molecule has 0 fully saturated rings. The molecule has 12 nitrogen and oxygen atoms in total. The summed E-state index contributed by atoms with van der Waals surface area (Å²) in [5.74, 6) is 0. The first-order chi connectivity index (χ1) is 19.9. The number of urea groups is 2. The van der Waals surface area contributed by atoms with E-state index in [1.807, 2.05) is 0 Å². The summed E-state index contributed by atoms with van der Waals surface area (Å²) in [6, 6.07) is 23.1. The second kappa shape index (κ2) is 16.3. The van der Waals surface area contributed by atoms with Crippen molar-refractivity contribution in [2.45, 2.75) is 9.79 Å². The van der Waals surface area contributed by atoms with Gasteiger partial charge in [0.1, 0.15) is 9.79 Å². The average Bonchev–Trinajstić information content (AvgIpc) is 2.92. The van der Waals surface area contributed by atoms with Gasteiger partial charge in [0.25, 0.3) is 20.2 Å². The molecule has 16 heteroatoms. The van der Waals surface area contributed by atoms with Gasteiger partial charge in [-0.2, -0.15) is 16.8 Å². The number of para-hydroxylation sites is 2. The minimum atomic E-state index is -4.78. The van der Waals surface area contributed by atoms with Gasteiger partial charge in [0.2, 0.25) is 0 Å². The van der Waals surface area contributed by atoms with E-state index in [1.165, 1.54) is 36.4 Å². The van der Waals surface area contributed by atoms with Crippen LogP contribution in [0.4, 0.5) is 32.3 Å². The second-order valence-electron chi connectivity index (χ2n) is 8.68. The van der Waals surface area contributed by atoms with Crippen LogP contribution in [0.15, 0.2) is 107 Å². The Labute approximate surface area is 298 Å². The number of carbonyl (C=O) groups is 2. The standard InChI is InChI=1S/C28H24N4O8S2.2Na/c33-27(29-21-7-3-1-4-8-21)31-23-15-13-19(25(17-23)41(35,36)37)11-12-20-14-16-24(18-26(20)42(38,39)40)32-28(34)30-22-9-5-2-6-10-22;;/h1-18H,(H2,29,31,33)(H2,30,32,34)(H,35,36,37)(H,38,39,40);;. The van der Waals surface area contributed by atoms with Gasteiger partial charge in [0.05, 0.1) is 0 Å². The maximum Gasteiger partial charge on any atom is 0.323 e. The van der Waals surface area contributed by atoms with Crippen molar-refractivity contribution in [2.24, 2.45) is 0 Å². The van der Waals surface area contributed by atoms with Crippen LogP contribution in [0, 0.1) is 0 Å². The fourth-order valence-corrected chi connectivity index (χ4v) is 5.18. The minimum Gasteiger partial charge on any atom is -0.308 e. The Morgan fingerprint density at radius 1 is 0.500 bits per heavy atom. The predicted molar refractivity (Wildman–Crippen MR) is 171 cm³/mol. The molecule has 0 aliphatic carbocycles. The summed E-state index contributed by atoms with van der Waals surface area (Å²) in [7, 11) is -9.57. The van der Waals surface area contributed by atoms with Crippen molar-refractivity contribution in [3.63, 3.8) is 0 Å². The molecule has 218 valence electrons. The molecule has 4 rings (SSSR count). The predicted octanol–water partition coefficient (Wildman–Crippen LogP) is 4.88. The van der Waals surface area contributed by atoms with Crippen molar-refractivity contribution in [3.05, 3.63) is 108 Å². The third kappa shape index (κ3) is 10.9. The largest absolute Gasteiger partial charge is 0.323 e. The summed E-state index contributed by atoms with van der Waals surface area (Å²) in [5, 5.41) is 10.1. The van der Waals surface area contributed by atoms with Crippen molar-refractivity contribution in [1.82, 2.24) is 0 Å². The molecule has 0 aromatic heterocycles. The summed E-state index contributed by atoms with van der Waals surface area (Å²) < 4.78 is 68.0. The number of carbonyl (C=O) groups excluding carboxylic acids is 2. The summed E-state index contributed by atoms with van der Waals surface area (Å²) in [5.41, 5.74) is 1.01. The number of rotatable bonds is 8. The Kier molecular flexibility index (Phi) is 13.8. The topological polar surface area (TPSA) is 191 Å². The number of anilines is 4. The van der Waals surface area contributed by atoms with Gasteiger partial charge in [-0.05, 0) is 59.7 Å². The molecule has 0 bridgehead atoms. The normalized spacial score (nSPS) is 11.0. The van der Waals surface area contributed by atoms with Crippen LogP contribution in [0.5, 0.6) is 0 Å². The molecule has 0 saturated heterocycles. The second-order valence-corrected chi connectivity index (χ2v) is 11.5. The zero-order valence-electron chi connectivity index (χ0n) is 23.6.